The Morgan fingerprint density at radius 2 is 2.23 bits per heavy atom. The molecule has 0 saturated heterocycles. The Labute approximate surface area is 133 Å². The smallest absolute Gasteiger partial charge is 0.230 e. The second-order valence-corrected chi connectivity index (χ2v) is 5.31. The minimum Gasteiger partial charge on any atom is -0.496 e. The van der Waals surface area contributed by atoms with E-state index >= 15 is 0 Å². The van der Waals surface area contributed by atoms with Gasteiger partial charge in [-0.1, -0.05) is 30.0 Å². The molecule has 0 bridgehead atoms. The summed E-state index contributed by atoms with van der Waals surface area (Å²) in [7, 11) is 3.23. The molecule has 1 amide bonds. The van der Waals surface area contributed by atoms with Gasteiger partial charge in [-0.2, -0.15) is 0 Å². The van der Waals surface area contributed by atoms with Gasteiger partial charge in [-0.15, -0.1) is 16.8 Å². The highest BCUT2D eigenvalue weighted by molar-refractivity contribution is 7.99. The van der Waals surface area contributed by atoms with Crippen molar-refractivity contribution in [1.82, 2.24) is 20.1 Å². The van der Waals surface area contributed by atoms with Crippen LogP contribution in [0.4, 0.5) is 0 Å². The fourth-order valence-corrected chi connectivity index (χ4v) is 2.74. The van der Waals surface area contributed by atoms with Gasteiger partial charge in [-0.3, -0.25) is 9.36 Å². The molecule has 2 aromatic rings. The number of nitrogens with zero attached hydrogens (tertiary/aromatic N) is 3. The number of hydrogen-bond acceptors (Lipinski definition) is 5. The Morgan fingerprint density at radius 3 is 2.91 bits per heavy atom. The van der Waals surface area contributed by atoms with E-state index in [1.165, 1.54) is 11.8 Å². The van der Waals surface area contributed by atoms with Gasteiger partial charge >= 0.3 is 0 Å². The van der Waals surface area contributed by atoms with Gasteiger partial charge in [0.25, 0.3) is 0 Å². The van der Waals surface area contributed by atoms with Gasteiger partial charge in [0.1, 0.15) is 5.75 Å². The molecule has 0 atom stereocenters. The highest BCUT2D eigenvalue weighted by atomic mass is 32.2. The van der Waals surface area contributed by atoms with Crippen LogP contribution in [0.2, 0.25) is 0 Å². The van der Waals surface area contributed by atoms with Crippen LogP contribution in [0.15, 0.2) is 42.1 Å². The molecule has 0 aliphatic rings. The zero-order valence-electron chi connectivity index (χ0n) is 12.6. The number of amides is 1. The average molecular weight is 318 g/mol. The monoisotopic (exact) mass is 318 g/mol. The predicted octanol–water partition coefficient (Wildman–Crippen LogP) is 1.98. The first-order chi connectivity index (χ1) is 10.7. The van der Waals surface area contributed by atoms with Gasteiger partial charge in [-0.25, -0.2) is 0 Å². The van der Waals surface area contributed by atoms with E-state index in [1.807, 2.05) is 28.8 Å². The zero-order valence-corrected chi connectivity index (χ0v) is 13.4. The first-order valence-corrected chi connectivity index (χ1v) is 7.70. The molecule has 0 aliphatic heterocycles. The molecule has 2 rings (SSSR count). The summed E-state index contributed by atoms with van der Waals surface area (Å²) in [5.41, 5.74) is 0.853. The van der Waals surface area contributed by atoms with E-state index in [0.717, 1.165) is 11.3 Å². The lowest BCUT2D eigenvalue weighted by Gasteiger charge is -2.10. The summed E-state index contributed by atoms with van der Waals surface area (Å²) in [6.07, 6.45) is 1.77. The van der Waals surface area contributed by atoms with E-state index in [1.54, 1.807) is 20.2 Å². The van der Waals surface area contributed by atoms with Crippen LogP contribution in [0.3, 0.4) is 0 Å². The highest BCUT2D eigenvalue weighted by Gasteiger charge is 2.17. The molecule has 1 aromatic heterocycles. The first kappa shape index (κ1) is 16.1. The maximum atomic E-state index is 11.4. The fraction of sp³-hybridized carbons (Fsp3) is 0.267. The van der Waals surface area contributed by atoms with Gasteiger partial charge in [0, 0.05) is 13.6 Å². The first-order valence-electron chi connectivity index (χ1n) is 6.72. The number of carbonyl (C=O) groups is 1. The lowest BCUT2D eigenvalue weighted by molar-refractivity contribution is -0.118. The Morgan fingerprint density at radius 1 is 1.45 bits per heavy atom. The second-order valence-electron chi connectivity index (χ2n) is 4.37. The molecule has 0 fully saturated rings. The molecule has 1 heterocycles. The summed E-state index contributed by atoms with van der Waals surface area (Å²) in [6, 6.07) is 7.62. The van der Waals surface area contributed by atoms with E-state index < -0.39 is 0 Å². The van der Waals surface area contributed by atoms with Crippen molar-refractivity contribution >= 4 is 17.7 Å². The number of benzene rings is 1. The average Bonchev–Trinajstić information content (AvgIpc) is 2.95. The topological polar surface area (TPSA) is 69.0 Å². The lowest BCUT2D eigenvalue weighted by Crippen LogP contribution is -2.20. The Balaban J connectivity index is 2.37. The maximum Gasteiger partial charge on any atom is 0.230 e. The van der Waals surface area contributed by atoms with Gasteiger partial charge in [0.2, 0.25) is 5.91 Å². The van der Waals surface area contributed by atoms with Crippen LogP contribution in [0.1, 0.15) is 0 Å². The molecule has 0 unspecified atom stereocenters. The summed E-state index contributed by atoms with van der Waals surface area (Å²) in [5.74, 6) is 1.65. The second kappa shape index (κ2) is 7.65. The summed E-state index contributed by atoms with van der Waals surface area (Å²) in [5, 5.41) is 11.7. The van der Waals surface area contributed by atoms with Crippen LogP contribution in [0.5, 0.6) is 5.75 Å². The van der Waals surface area contributed by atoms with E-state index in [0.29, 0.717) is 17.5 Å². The van der Waals surface area contributed by atoms with E-state index in [2.05, 4.69) is 22.1 Å². The summed E-state index contributed by atoms with van der Waals surface area (Å²) < 4.78 is 7.30. The van der Waals surface area contributed by atoms with Crippen molar-refractivity contribution in [2.24, 2.45) is 0 Å². The predicted molar refractivity (Wildman–Crippen MR) is 87.0 cm³/mol. The van der Waals surface area contributed by atoms with Crippen LogP contribution < -0.4 is 10.1 Å². The van der Waals surface area contributed by atoms with Crippen LogP contribution >= 0.6 is 11.8 Å². The SMILES string of the molecule is C=CCn1c(SCC(=O)NC)nnc1-c1ccccc1OC. The van der Waals surface area contributed by atoms with Crippen LogP contribution in [-0.4, -0.2) is 40.6 Å². The minimum absolute atomic E-state index is 0.0583. The van der Waals surface area contributed by atoms with Gasteiger partial charge in [-0.05, 0) is 12.1 Å². The van der Waals surface area contributed by atoms with Gasteiger partial charge in [0.05, 0.1) is 18.4 Å². The summed E-state index contributed by atoms with van der Waals surface area (Å²) in [6.45, 7) is 4.32. The van der Waals surface area contributed by atoms with Gasteiger partial charge in [0.15, 0.2) is 11.0 Å². The zero-order chi connectivity index (χ0) is 15.9. The molecule has 6 nitrogen and oxygen atoms in total. The molecule has 1 aromatic carbocycles. The van der Waals surface area contributed by atoms with Gasteiger partial charge < -0.3 is 10.1 Å². The van der Waals surface area contributed by atoms with Crippen LogP contribution in [-0.2, 0) is 11.3 Å². The molecular weight excluding hydrogens is 300 g/mol. The molecule has 0 radical (unpaired) electrons. The Bertz CT molecular complexity index is 669. The number of hydrogen-bond donors (Lipinski definition) is 1. The number of ether oxygens (including phenoxy) is 1. The molecule has 0 spiro atoms. The van der Waals surface area contributed by atoms with Crippen molar-refractivity contribution in [2.75, 3.05) is 19.9 Å². The number of rotatable bonds is 7. The number of carbonyl (C=O) groups excluding carboxylic acids is 1. The number of methoxy groups -OCH3 is 1. The molecule has 116 valence electrons. The Kier molecular flexibility index (Phi) is 5.60. The highest BCUT2D eigenvalue weighted by Crippen LogP contribution is 2.30. The molecule has 0 saturated carbocycles. The summed E-state index contributed by atoms with van der Waals surface area (Å²) >= 11 is 1.34. The third-order valence-electron chi connectivity index (χ3n) is 2.99. The van der Waals surface area contributed by atoms with E-state index in [-0.39, 0.29) is 11.7 Å². The molecule has 0 aliphatic carbocycles. The van der Waals surface area contributed by atoms with Crippen molar-refractivity contribution in [1.29, 1.82) is 0 Å². The molecule has 1 N–H and O–H groups in total. The number of allylic oxidation sites excluding steroid dienone is 1. The lowest BCUT2D eigenvalue weighted by atomic mass is 10.2. The van der Waals surface area contributed by atoms with E-state index in [4.69, 9.17) is 4.74 Å². The third-order valence-corrected chi connectivity index (χ3v) is 3.95. The number of para-hydroxylation sites is 1. The normalized spacial score (nSPS) is 10.3. The fourth-order valence-electron chi connectivity index (χ4n) is 1.92. The molecular formula is C15H18N4O2S. The van der Waals surface area contributed by atoms with Crippen molar-refractivity contribution in [2.45, 2.75) is 11.7 Å². The van der Waals surface area contributed by atoms with Crippen molar-refractivity contribution in [3.05, 3.63) is 36.9 Å². The minimum atomic E-state index is -0.0583. The standard InChI is InChI=1S/C15H18N4O2S/c1-4-9-19-14(11-7-5-6-8-12(11)21-3)17-18-15(19)22-10-13(20)16-2/h4-8H,1,9-10H2,2-3H3,(H,16,20). The van der Waals surface area contributed by atoms with Crippen LogP contribution in [0, 0.1) is 0 Å². The van der Waals surface area contributed by atoms with E-state index in [9.17, 15) is 4.79 Å². The van der Waals surface area contributed by atoms with Crippen LogP contribution in [0.25, 0.3) is 11.4 Å². The summed E-state index contributed by atoms with van der Waals surface area (Å²) in [4.78, 5) is 11.4. The quantitative estimate of drug-likeness (QED) is 0.624. The van der Waals surface area contributed by atoms with Crippen molar-refractivity contribution in [3.8, 4) is 17.1 Å². The number of thioether (sulfide) groups is 1. The maximum absolute atomic E-state index is 11.4. The molecule has 22 heavy (non-hydrogen) atoms. The third kappa shape index (κ3) is 3.48. The largest absolute Gasteiger partial charge is 0.496 e. The number of aromatic nitrogens is 3. The van der Waals surface area contributed by atoms with Crippen molar-refractivity contribution < 1.29 is 9.53 Å². The number of nitrogens with one attached hydrogen (secondary N) is 1. The Hall–Kier alpha value is -2.28. The van der Waals surface area contributed by atoms with Crippen molar-refractivity contribution in [3.63, 3.8) is 0 Å². The molecule has 7 heteroatoms.